The van der Waals surface area contributed by atoms with E-state index in [1.165, 1.54) is 12.8 Å². The molecule has 20 heavy (non-hydrogen) atoms. The molecule has 0 heterocycles. The first kappa shape index (κ1) is 15.5. The third kappa shape index (κ3) is 4.29. The molecule has 0 spiro atoms. The zero-order chi connectivity index (χ0) is 14.4. The summed E-state index contributed by atoms with van der Waals surface area (Å²) in [6.07, 6.45) is 4.72. The van der Waals surface area contributed by atoms with Crippen molar-refractivity contribution in [2.45, 2.75) is 51.6 Å². The van der Waals surface area contributed by atoms with Gasteiger partial charge in [0, 0.05) is 24.2 Å². The molecule has 2 rings (SSSR count). The smallest absolute Gasteiger partial charge is 0.127 e. The molecule has 0 aliphatic heterocycles. The van der Waals surface area contributed by atoms with Gasteiger partial charge in [-0.15, -0.1) is 0 Å². The lowest BCUT2D eigenvalue weighted by atomic mass is 10.0. The first-order valence-electron chi connectivity index (χ1n) is 7.98. The molecule has 1 N–H and O–H groups in total. The molecule has 1 saturated carbocycles. The van der Waals surface area contributed by atoms with Crippen LogP contribution in [-0.4, -0.2) is 30.6 Å². The van der Waals surface area contributed by atoms with Crippen molar-refractivity contribution in [2.24, 2.45) is 0 Å². The van der Waals surface area contributed by atoms with E-state index in [4.69, 9.17) is 0 Å². The number of benzene rings is 1. The number of nitrogens with zero attached hydrogens (tertiary/aromatic N) is 1. The van der Waals surface area contributed by atoms with Gasteiger partial charge in [0.05, 0.1) is 0 Å². The Morgan fingerprint density at radius 3 is 2.65 bits per heavy atom. The van der Waals surface area contributed by atoms with Gasteiger partial charge in [0.1, 0.15) is 5.82 Å². The molecule has 3 heteroatoms. The lowest BCUT2D eigenvalue weighted by Crippen LogP contribution is -2.31. The maximum atomic E-state index is 14.0. The second-order valence-electron chi connectivity index (χ2n) is 5.68. The Kier molecular flexibility index (Phi) is 5.99. The number of hydrogen-bond donors (Lipinski definition) is 1. The average Bonchev–Trinajstić information content (AvgIpc) is 3.28. The van der Waals surface area contributed by atoms with Gasteiger partial charge < -0.3 is 10.2 Å². The third-order valence-electron chi connectivity index (χ3n) is 4.10. The summed E-state index contributed by atoms with van der Waals surface area (Å²) in [6.45, 7) is 7.46. The summed E-state index contributed by atoms with van der Waals surface area (Å²) in [6, 6.07) is 8.08. The summed E-state index contributed by atoms with van der Waals surface area (Å²) in [5, 5.41) is 3.50. The number of nitrogens with one attached hydrogen (secondary N) is 1. The summed E-state index contributed by atoms with van der Waals surface area (Å²) in [5.41, 5.74) is 0.813. The SMILES string of the molecule is CCCNC(CCN(CC)C1CC1)c1ccccc1F. The Labute approximate surface area is 122 Å². The van der Waals surface area contributed by atoms with Crippen molar-refractivity contribution >= 4 is 0 Å². The Hall–Kier alpha value is -0.930. The summed E-state index contributed by atoms with van der Waals surface area (Å²) < 4.78 is 14.0. The van der Waals surface area contributed by atoms with Crippen LogP contribution in [0.4, 0.5) is 4.39 Å². The standard InChI is InChI=1S/C17H27FN2/c1-3-12-19-17(15-7-5-6-8-16(15)18)11-13-20(4-2)14-9-10-14/h5-8,14,17,19H,3-4,9-13H2,1-2H3. The highest BCUT2D eigenvalue weighted by Crippen LogP contribution is 2.28. The van der Waals surface area contributed by atoms with E-state index >= 15 is 0 Å². The fraction of sp³-hybridized carbons (Fsp3) is 0.647. The fourth-order valence-corrected chi connectivity index (χ4v) is 2.78. The summed E-state index contributed by atoms with van der Waals surface area (Å²) in [4.78, 5) is 2.53. The summed E-state index contributed by atoms with van der Waals surface area (Å²) in [5.74, 6) is -0.0874. The first-order valence-corrected chi connectivity index (χ1v) is 7.98. The minimum absolute atomic E-state index is 0.0874. The zero-order valence-corrected chi connectivity index (χ0v) is 12.7. The van der Waals surface area contributed by atoms with Crippen LogP contribution in [0.1, 0.15) is 51.1 Å². The highest BCUT2D eigenvalue weighted by atomic mass is 19.1. The van der Waals surface area contributed by atoms with E-state index in [-0.39, 0.29) is 11.9 Å². The highest BCUT2D eigenvalue weighted by Gasteiger charge is 2.28. The van der Waals surface area contributed by atoms with Crippen LogP contribution in [0.25, 0.3) is 0 Å². The van der Waals surface area contributed by atoms with Crippen molar-refractivity contribution < 1.29 is 4.39 Å². The number of rotatable bonds is 9. The maximum Gasteiger partial charge on any atom is 0.127 e. The minimum atomic E-state index is -0.0874. The Balaban J connectivity index is 1.97. The van der Waals surface area contributed by atoms with E-state index < -0.39 is 0 Å². The molecule has 1 fully saturated rings. The van der Waals surface area contributed by atoms with Crippen molar-refractivity contribution in [2.75, 3.05) is 19.6 Å². The summed E-state index contributed by atoms with van der Waals surface area (Å²) in [7, 11) is 0. The van der Waals surface area contributed by atoms with Crippen LogP contribution in [0.15, 0.2) is 24.3 Å². The van der Waals surface area contributed by atoms with Gasteiger partial charge >= 0.3 is 0 Å². The van der Waals surface area contributed by atoms with Crippen LogP contribution >= 0.6 is 0 Å². The van der Waals surface area contributed by atoms with Gasteiger partial charge in [-0.05, 0) is 44.8 Å². The van der Waals surface area contributed by atoms with Gasteiger partial charge in [-0.1, -0.05) is 32.0 Å². The second kappa shape index (κ2) is 7.75. The Morgan fingerprint density at radius 1 is 1.30 bits per heavy atom. The van der Waals surface area contributed by atoms with Gasteiger partial charge in [0.2, 0.25) is 0 Å². The van der Waals surface area contributed by atoms with Crippen LogP contribution in [0.3, 0.4) is 0 Å². The molecule has 1 aromatic rings. The first-order chi connectivity index (χ1) is 9.76. The molecule has 0 amide bonds. The molecule has 1 aliphatic rings. The summed E-state index contributed by atoms with van der Waals surface area (Å²) >= 11 is 0. The molecule has 0 bridgehead atoms. The average molecular weight is 278 g/mol. The maximum absolute atomic E-state index is 14.0. The molecule has 0 saturated heterocycles. The van der Waals surface area contributed by atoms with E-state index in [9.17, 15) is 4.39 Å². The Morgan fingerprint density at radius 2 is 2.05 bits per heavy atom. The molecule has 1 unspecified atom stereocenters. The van der Waals surface area contributed by atoms with Gasteiger partial charge in [-0.2, -0.15) is 0 Å². The molecule has 1 aromatic carbocycles. The molecular formula is C17H27FN2. The van der Waals surface area contributed by atoms with Crippen molar-refractivity contribution in [1.29, 1.82) is 0 Å². The molecule has 0 aromatic heterocycles. The van der Waals surface area contributed by atoms with Gasteiger partial charge in [-0.25, -0.2) is 4.39 Å². The molecule has 2 nitrogen and oxygen atoms in total. The fourth-order valence-electron chi connectivity index (χ4n) is 2.78. The normalized spacial score (nSPS) is 16.6. The lowest BCUT2D eigenvalue weighted by molar-refractivity contribution is 0.258. The van der Waals surface area contributed by atoms with Gasteiger partial charge in [0.15, 0.2) is 0 Å². The van der Waals surface area contributed by atoms with E-state index in [2.05, 4.69) is 24.1 Å². The number of halogens is 1. The van der Waals surface area contributed by atoms with Crippen LogP contribution in [0.5, 0.6) is 0 Å². The van der Waals surface area contributed by atoms with E-state index in [0.29, 0.717) is 0 Å². The topological polar surface area (TPSA) is 15.3 Å². The van der Waals surface area contributed by atoms with Crippen LogP contribution < -0.4 is 5.32 Å². The zero-order valence-electron chi connectivity index (χ0n) is 12.7. The minimum Gasteiger partial charge on any atom is -0.310 e. The predicted octanol–water partition coefficient (Wildman–Crippen LogP) is 3.74. The van der Waals surface area contributed by atoms with Gasteiger partial charge in [-0.3, -0.25) is 0 Å². The monoisotopic (exact) mass is 278 g/mol. The quantitative estimate of drug-likeness (QED) is 0.740. The van der Waals surface area contributed by atoms with E-state index in [1.807, 2.05) is 12.1 Å². The van der Waals surface area contributed by atoms with Crippen molar-refractivity contribution in [1.82, 2.24) is 10.2 Å². The van der Waals surface area contributed by atoms with Crippen molar-refractivity contribution in [3.8, 4) is 0 Å². The Bertz CT molecular complexity index is 404. The molecule has 112 valence electrons. The predicted molar refractivity (Wildman–Crippen MR) is 82.3 cm³/mol. The van der Waals surface area contributed by atoms with E-state index in [0.717, 1.165) is 44.1 Å². The number of hydrogen-bond acceptors (Lipinski definition) is 2. The lowest BCUT2D eigenvalue weighted by Gasteiger charge is -2.25. The molecule has 1 atom stereocenters. The second-order valence-corrected chi connectivity index (χ2v) is 5.68. The highest BCUT2D eigenvalue weighted by molar-refractivity contribution is 5.21. The molecular weight excluding hydrogens is 251 g/mol. The van der Waals surface area contributed by atoms with Crippen LogP contribution in [0, 0.1) is 5.82 Å². The van der Waals surface area contributed by atoms with Crippen molar-refractivity contribution in [3.63, 3.8) is 0 Å². The largest absolute Gasteiger partial charge is 0.310 e. The molecule has 0 radical (unpaired) electrons. The molecule has 1 aliphatic carbocycles. The van der Waals surface area contributed by atoms with Crippen LogP contribution in [-0.2, 0) is 0 Å². The van der Waals surface area contributed by atoms with Crippen molar-refractivity contribution in [3.05, 3.63) is 35.6 Å². The third-order valence-corrected chi connectivity index (χ3v) is 4.10. The van der Waals surface area contributed by atoms with Crippen LogP contribution in [0.2, 0.25) is 0 Å². The van der Waals surface area contributed by atoms with Gasteiger partial charge in [0.25, 0.3) is 0 Å². The van der Waals surface area contributed by atoms with E-state index in [1.54, 1.807) is 12.1 Å².